The van der Waals surface area contributed by atoms with Crippen LogP contribution in [0.3, 0.4) is 0 Å². The van der Waals surface area contributed by atoms with E-state index in [0.29, 0.717) is 17.5 Å². The standard InChI is InChI=1S/C70H43N3O/c1-3-15-44(16-4-1)46-31-37-50(38-32-46)67-71-68(51-39-33-47(34-40-51)45-17-5-2-6-18-45)73-69(72-67)57-23-14-28-64-66(57)58-43-52(41-42-63(58)74-64)48-29-35-49(36-30-48)53-22-13-27-62-65(53)56-21-9-12-26-61(56)70(62)59-24-10-7-19-54(59)55-20-8-11-25-60(55)70/h1-43H. The Morgan fingerprint density at radius 3 is 1.26 bits per heavy atom. The molecule has 74 heavy (non-hydrogen) atoms. The molecule has 15 rings (SSSR count). The van der Waals surface area contributed by atoms with Crippen LogP contribution in [0.1, 0.15) is 22.3 Å². The Bertz CT molecular complexity index is 4180. The van der Waals surface area contributed by atoms with Crippen molar-refractivity contribution >= 4 is 21.9 Å². The lowest BCUT2D eigenvalue weighted by atomic mass is 9.70. The number of hydrogen-bond acceptors (Lipinski definition) is 4. The summed E-state index contributed by atoms with van der Waals surface area (Å²) < 4.78 is 6.61. The topological polar surface area (TPSA) is 51.8 Å². The number of hydrogen-bond donors (Lipinski definition) is 0. The van der Waals surface area contributed by atoms with Crippen LogP contribution >= 0.6 is 0 Å². The smallest absolute Gasteiger partial charge is 0.164 e. The van der Waals surface area contributed by atoms with E-state index in [-0.39, 0.29) is 5.41 Å². The zero-order chi connectivity index (χ0) is 48.7. The Morgan fingerprint density at radius 2 is 0.662 bits per heavy atom. The number of furan rings is 1. The Balaban J connectivity index is 0.829. The van der Waals surface area contributed by atoms with Crippen LogP contribution in [0.25, 0.3) is 123 Å². The predicted octanol–water partition coefficient (Wildman–Crippen LogP) is 17.8. The van der Waals surface area contributed by atoms with Crippen molar-refractivity contribution in [2.75, 3.05) is 0 Å². The van der Waals surface area contributed by atoms with Gasteiger partial charge < -0.3 is 4.42 Å². The van der Waals surface area contributed by atoms with Crippen molar-refractivity contribution in [3.8, 4) is 101 Å². The quantitative estimate of drug-likeness (QED) is 0.160. The summed E-state index contributed by atoms with van der Waals surface area (Å²) in [6.45, 7) is 0. The fourth-order valence-electron chi connectivity index (χ4n) is 12.1. The lowest BCUT2D eigenvalue weighted by Crippen LogP contribution is -2.25. The molecule has 11 aromatic carbocycles. The molecule has 0 radical (unpaired) electrons. The van der Waals surface area contributed by atoms with E-state index in [4.69, 9.17) is 19.4 Å². The van der Waals surface area contributed by atoms with Gasteiger partial charge in [-0.2, -0.15) is 0 Å². The highest BCUT2D eigenvalue weighted by atomic mass is 16.3. The first-order valence-electron chi connectivity index (χ1n) is 25.2. The molecule has 0 saturated carbocycles. The van der Waals surface area contributed by atoms with Crippen LogP contribution in [-0.2, 0) is 5.41 Å². The molecule has 4 heteroatoms. The SMILES string of the molecule is c1ccc(-c2ccc(-c3nc(-c4ccc(-c5ccccc5)cc4)nc(-c4cccc5oc6ccc(-c7ccc(-c8cccc9c8-c8ccccc8C98c9ccccc9-c9ccccc98)cc7)cc6c45)n3)cc2)cc1. The van der Waals surface area contributed by atoms with Crippen LogP contribution in [0.15, 0.2) is 265 Å². The largest absolute Gasteiger partial charge is 0.456 e. The molecule has 0 amide bonds. The molecule has 1 spiro atoms. The average Bonchev–Trinajstić information content (AvgIpc) is 4.24. The van der Waals surface area contributed by atoms with Crippen LogP contribution in [0, 0.1) is 0 Å². The molecule has 4 nitrogen and oxygen atoms in total. The van der Waals surface area contributed by atoms with Crippen molar-refractivity contribution in [1.82, 2.24) is 15.0 Å². The highest BCUT2D eigenvalue weighted by Gasteiger charge is 2.52. The molecule has 344 valence electrons. The van der Waals surface area contributed by atoms with E-state index in [1.165, 1.54) is 55.6 Å². The van der Waals surface area contributed by atoms with Gasteiger partial charge in [0.05, 0.1) is 5.41 Å². The molecule has 13 aromatic rings. The van der Waals surface area contributed by atoms with Crippen molar-refractivity contribution in [2.45, 2.75) is 5.41 Å². The maximum atomic E-state index is 6.61. The van der Waals surface area contributed by atoms with E-state index >= 15 is 0 Å². The second kappa shape index (κ2) is 16.7. The zero-order valence-electron chi connectivity index (χ0n) is 40.1. The minimum atomic E-state index is -0.386. The minimum absolute atomic E-state index is 0.386. The maximum absolute atomic E-state index is 6.61. The normalized spacial score (nSPS) is 12.7. The van der Waals surface area contributed by atoms with E-state index in [1.807, 2.05) is 24.3 Å². The highest BCUT2D eigenvalue weighted by molar-refractivity contribution is 6.13. The molecule has 2 heterocycles. The number of nitrogens with zero attached hydrogens (tertiary/aromatic N) is 3. The summed E-state index contributed by atoms with van der Waals surface area (Å²) in [5.74, 6) is 1.78. The van der Waals surface area contributed by atoms with Crippen molar-refractivity contribution in [3.05, 3.63) is 283 Å². The van der Waals surface area contributed by atoms with Crippen molar-refractivity contribution in [1.29, 1.82) is 0 Å². The number of benzene rings is 11. The Labute approximate surface area is 428 Å². The molecule has 0 saturated heterocycles. The van der Waals surface area contributed by atoms with Gasteiger partial charge in [-0.1, -0.05) is 243 Å². The molecule has 0 aliphatic heterocycles. The van der Waals surface area contributed by atoms with E-state index in [2.05, 4.69) is 237 Å². The van der Waals surface area contributed by atoms with Crippen LogP contribution in [0.2, 0.25) is 0 Å². The molecule has 0 unspecified atom stereocenters. The molecule has 2 aromatic heterocycles. The summed E-state index contributed by atoms with van der Waals surface area (Å²) >= 11 is 0. The molecule has 0 bridgehead atoms. The fraction of sp³-hybridized carbons (Fsp3) is 0.0143. The van der Waals surface area contributed by atoms with Gasteiger partial charge in [0, 0.05) is 27.5 Å². The van der Waals surface area contributed by atoms with Crippen LogP contribution in [-0.4, -0.2) is 15.0 Å². The summed E-state index contributed by atoms with van der Waals surface area (Å²) in [6.07, 6.45) is 0. The lowest BCUT2D eigenvalue weighted by Gasteiger charge is -2.30. The summed E-state index contributed by atoms with van der Waals surface area (Å²) in [5.41, 5.74) is 23.7. The van der Waals surface area contributed by atoms with Gasteiger partial charge >= 0.3 is 0 Å². The summed E-state index contributed by atoms with van der Waals surface area (Å²) in [4.78, 5) is 15.6. The summed E-state index contributed by atoms with van der Waals surface area (Å²) in [7, 11) is 0. The van der Waals surface area contributed by atoms with Crippen LogP contribution in [0.4, 0.5) is 0 Å². The molecular formula is C70H43N3O. The fourth-order valence-corrected chi connectivity index (χ4v) is 12.1. The Morgan fingerprint density at radius 1 is 0.257 bits per heavy atom. The second-order valence-electron chi connectivity index (χ2n) is 19.4. The Kier molecular flexibility index (Phi) is 9.45. The first kappa shape index (κ1) is 42.0. The third-order valence-electron chi connectivity index (χ3n) is 15.4. The van der Waals surface area contributed by atoms with Crippen molar-refractivity contribution < 1.29 is 4.42 Å². The summed E-state index contributed by atoms with van der Waals surface area (Å²) in [5, 5.41) is 1.96. The average molecular weight is 942 g/mol. The van der Waals surface area contributed by atoms with Crippen molar-refractivity contribution in [3.63, 3.8) is 0 Å². The minimum Gasteiger partial charge on any atom is -0.456 e. The van der Waals surface area contributed by atoms with Crippen molar-refractivity contribution in [2.24, 2.45) is 0 Å². The van der Waals surface area contributed by atoms with Gasteiger partial charge in [0.1, 0.15) is 11.2 Å². The molecule has 0 N–H and O–H groups in total. The highest BCUT2D eigenvalue weighted by Crippen LogP contribution is 2.64. The molecule has 0 atom stereocenters. The van der Waals surface area contributed by atoms with Crippen LogP contribution < -0.4 is 0 Å². The van der Waals surface area contributed by atoms with Gasteiger partial charge in [0.15, 0.2) is 17.5 Å². The number of aromatic nitrogens is 3. The number of rotatable bonds is 7. The van der Waals surface area contributed by atoms with Gasteiger partial charge in [-0.15, -0.1) is 0 Å². The molecule has 0 fully saturated rings. The van der Waals surface area contributed by atoms with Crippen LogP contribution in [0.5, 0.6) is 0 Å². The second-order valence-corrected chi connectivity index (χ2v) is 19.4. The number of fused-ring (bicyclic) bond motifs is 13. The Hall–Kier alpha value is -9.77. The van der Waals surface area contributed by atoms with Gasteiger partial charge in [0.2, 0.25) is 0 Å². The molecule has 2 aliphatic rings. The first-order valence-corrected chi connectivity index (χ1v) is 25.2. The monoisotopic (exact) mass is 941 g/mol. The van der Waals surface area contributed by atoms with Gasteiger partial charge in [-0.25, -0.2) is 15.0 Å². The summed E-state index contributed by atoms with van der Waals surface area (Å²) in [6, 6.07) is 93.4. The third kappa shape index (κ3) is 6.45. The van der Waals surface area contributed by atoms with E-state index in [0.717, 1.165) is 72.0 Å². The third-order valence-corrected chi connectivity index (χ3v) is 15.4. The van der Waals surface area contributed by atoms with E-state index in [9.17, 15) is 0 Å². The zero-order valence-corrected chi connectivity index (χ0v) is 40.1. The van der Waals surface area contributed by atoms with Gasteiger partial charge in [-0.05, 0) is 107 Å². The lowest BCUT2D eigenvalue weighted by molar-refractivity contribution is 0.669. The maximum Gasteiger partial charge on any atom is 0.164 e. The van der Waals surface area contributed by atoms with Gasteiger partial charge in [-0.3, -0.25) is 0 Å². The van der Waals surface area contributed by atoms with E-state index < -0.39 is 0 Å². The van der Waals surface area contributed by atoms with Gasteiger partial charge in [0.25, 0.3) is 0 Å². The molecular weight excluding hydrogens is 899 g/mol. The first-order chi connectivity index (χ1) is 36.7. The predicted molar refractivity (Wildman–Crippen MR) is 301 cm³/mol. The van der Waals surface area contributed by atoms with E-state index in [1.54, 1.807) is 0 Å². The molecule has 2 aliphatic carbocycles.